The van der Waals surface area contributed by atoms with E-state index in [1.54, 1.807) is 25.3 Å². The second-order valence-corrected chi connectivity index (χ2v) is 4.52. The fourth-order valence-corrected chi connectivity index (χ4v) is 2.37. The lowest BCUT2D eigenvalue weighted by Gasteiger charge is -2.37. The zero-order chi connectivity index (χ0) is 13.8. The molecule has 0 aromatic heterocycles. The minimum Gasteiger partial charge on any atom is -0.497 e. The van der Waals surface area contributed by atoms with Crippen molar-refractivity contribution in [2.75, 3.05) is 31.8 Å². The number of hydrogen-bond donors (Lipinski definition) is 1. The fourth-order valence-electron chi connectivity index (χ4n) is 2.37. The molecular formula is C14H19NO4. The van der Waals surface area contributed by atoms with Crippen LogP contribution in [-0.2, 0) is 4.74 Å². The molecule has 1 aromatic rings. The van der Waals surface area contributed by atoms with Gasteiger partial charge in [-0.05, 0) is 18.6 Å². The quantitative estimate of drug-likeness (QED) is 0.902. The Morgan fingerprint density at radius 1 is 1.58 bits per heavy atom. The minimum atomic E-state index is -0.918. The highest BCUT2D eigenvalue weighted by Crippen LogP contribution is 2.29. The number of methoxy groups -OCH3 is 1. The number of hydrogen-bond acceptors (Lipinski definition) is 4. The number of morpholine rings is 1. The molecule has 1 N–H and O–H groups in total. The summed E-state index contributed by atoms with van der Waals surface area (Å²) >= 11 is 0. The Morgan fingerprint density at radius 3 is 3.00 bits per heavy atom. The summed E-state index contributed by atoms with van der Waals surface area (Å²) in [5.41, 5.74) is 1.02. The van der Waals surface area contributed by atoms with Gasteiger partial charge in [-0.15, -0.1) is 0 Å². The number of ether oxygens (including phenoxy) is 2. The highest BCUT2D eigenvalue weighted by atomic mass is 16.5. The summed E-state index contributed by atoms with van der Waals surface area (Å²) in [6, 6.07) is 5.27. The fraction of sp³-hybridized carbons (Fsp3) is 0.500. The maximum Gasteiger partial charge on any atom is 0.337 e. The first-order valence-corrected chi connectivity index (χ1v) is 6.43. The molecule has 5 heteroatoms. The van der Waals surface area contributed by atoms with Gasteiger partial charge >= 0.3 is 5.97 Å². The summed E-state index contributed by atoms with van der Waals surface area (Å²) in [4.78, 5) is 13.5. The maximum absolute atomic E-state index is 11.4. The van der Waals surface area contributed by atoms with Crippen LogP contribution in [0, 0.1) is 0 Å². The Bertz CT molecular complexity index is 461. The molecule has 1 aromatic carbocycles. The van der Waals surface area contributed by atoms with E-state index >= 15 is 0 Å². The Balaban J connectivity index is 2.42. The summed E-state index contributed by atoms with van der Waals surface area (Å²) in [7, 11) is 1.58. The van der Waals surface area contributed by atoms with Crippen LogP contribution in [0.2, 0.25) is 0 Å². The predicted octanol–water partition coefficient (Wildman–Crippen LogP) is 2.01. The Hall–Kier alpha value is -1.75. The molecular weight excluding hydrogens is 246 g/mol. The van der Waals surface area contributed by atoms with Crippen LogP contribution in [0.4, 0.5) is 5.69 Å². The molecule has 1 aliphatic rings. The molecule has 1 heterocycles. The summed E-state index contributed by atoms with van der Waals surface area (Å²) < 4.78 is 10.7. The van der Waals surface area contributed by atoms with Crippen LogP contribution in [-0.4, -0.2) is 44.0 Å². The van der Waals surface area contributed by atoms with Gasteiger partial charge in [-0.25, -0.2) is 4.79 Å². The van der Waals surface area contributed by atoms with Gasteiger partial charge in [0.15, 0.2) is 0 Å². The van der Waals surface area contributed by atoms with Gasteiger partial charge in [0.25, 0.3) is 0 Å². The molecule has 1 aliphatic heterocycles. The zero-order valence-corrected chi connectivity index (χ0v) is 11.3. The first kappa shape index (κ1) is 13.7. The van der Waals surface area contributed by atoms with Crippen molar-refractivity contribution in [3.8, 4) is 5.75 Å². The molecule has 19 heavy (non-hydrogen) atoms. The van der Waals surface area contributed by atoms with Crippen molar-refractivity contribution in [1.82, 2.24) is 0 Å². The first-order chi connectivity index (χ1) is 9.17. The molecule has 104 valence electrons. The van der Waals surface area contributed by atoms with E-state index in [0.717, 1.165) is 6.42 Å². The molecule has 0 bridgehead atoms. The lowest BCUT2D eigenvalue weighted by Crippen LogP contribution is -2.45. The van der Waals surface area contributed by atoms with Crippen LogP contribution < -0.4 is 9.64 Å². The van der Waals surface area contributed by atoms with Crippen LogP contribution in [0.25, 0.3) is 0 Å². The Kier molecular flexibility index (Phi) is 4.27. The third kappa shape index (κ3) is 2.81. The van der Waals surface area contributed by atoms with E-state index in [9.17, 15) is 9.90 Å². The van der Waals surface area contributed by atoms with E-state index < -0.39 is 5.97 Å². The summed E-state index contributed by atoms with van der Waals surface area (Å²) in [5, 5.41) is 9.32. The molecule has 0 amide bonds. The number of anilines is 1. The van der Waals surface area contributed by atoms with Crippen molar-refractivity contribution in [3.63, 3.8) is 0 Å². The number of aromatic carboxylic acids is 1. The predicted molar refractivity (Wildman–Crippen MR) is 72.2 cm³/mol. The molecule has 0 saturated carbocycles. The largest absolute Gasteiger partial charge is 0.497 e. The first-order valence-electron chi connectivity index (χ1n) is 6.43. The lowest BCUT2D eigenvalue weighted by atomic mass is 10.1. The van der Waals surface area contributed by atoms with Crippen LogP contribution in [0.5, 0.6) is 5.75 Å². The number of carboxylic acids is 1. The molecule has 1 unspecified atom stereocenters. The van der Waals surface area contributed by atoms with Gasteiger partial charge in [0.1, 0.15) is 5.75 Å². The summed E-state index contributed by atoms with van der Waals surface area (Å²) in [6.45, 7) is 4.03. The van der Waals surface area contributed by atoms with Crippen LogP contribution in [0.15, 0.2) is 18.2 Å². The minimum absolute atomic E-state index is 0.207. The van der Waals surface area contributed by atoms with Gasteiger partial charge in [0.05, 0.1) is 37.6 Å². The zero-order valence-electron chi connectivity index (χ0n) is 11.3. The topological polar surface area (TPSA) is 59.0 Å². The maximum atomic E-state index is 11.4. The normalized spacial score (nSPS) is 19.3. The second-order valence-electron chi connectivity index (χ2n) is 4.52. The number of carboxylic acid groups (broad SMARTS) is 1. The van der Waals surface area contributed by atoms with Crippen molar-refractivity contribution < 1.29 is 19.4 Å². The standard InChI is InChI=1S/C14H19NO4/c1-3-10-9-19-7-6-15(10)13-8-11(18-2)4-5-12(13)14(16)17/h4-5,8,10H,3,6-7,9H2,1-2H3,(H,16,17). The monoisotopic (exact) mass is 265 g/mol. The van der Waals surface area contributed by atoms with Gasteiger partial charge in [-0.1, -0.05) is 6.92 Å². The lowest BCUT2D eigenvalue weighted by molar-refractivity contribution is 0.0694. The van der Waals surface area contributed by atoms with Gasteiger partial charge in [0, 0.05) is 12.6 Å². The van der Waals surface area contributed by atoms with E-state index in [1.165, 1.54) is 0 Å². The van der Waals surface area contributed by atoms with Crippen molar-refractivity contribution in [2.24, 2.45) is 0 Å². The average molecular weight is 265 g/mol. The molecule has 1 fully saturated rings. The average Bonchev–Trinajstić information content (AvgIpc) is 2.46. The Morgan fingerprint density at radius 2 is 2.37 bits per heavy atom. The van der Waals surface area contributed by atoms with E-state index in [-0.39, 0.29) is 6.04 Å². The molecule has 0 spiro atoms. The third-order valence-corrected chi connectivity index (χ3v) is 3.44. The Labute approximate surface area is 112 Å². The van der Waals surface area contributed by atoms with Crippen molar-refractivity contribution in [3.05, 3.63) is 23.8 Å². The van der Waals surface area contributed by atoms with Crippen molar-refractivity contribution in [2.45, 2.75) is 19.4 Å². The third-order valence-electron chi connectivity index (χ3n) is 3.44. The molecule has 0 radical (unpaired) electrons. The van der Waals surface area contributed by atoms with Crippen molar-refractivity contribution >= 4 is 11.7 Å². The number of rotatable bonds is 4. The highest BCUT2D eigenvalue weighted by Gasteiger charge is 2.25. The molecule has 5 nitrogen and oxygen atoms in total. The van der Waals surface area contributed by atoms with Crippen LogP contribution >= 0.6 is 0 Å². The van der Waals surface area contributed by atoms with Gasteiger partial charge < -0.3 is 19.5 Å². The van der Waals surface area contributed by atoms with E-state index in [0.29, 0.717) is 36.8 Å². The summed E-state index contributed by atoms with van der Waals surface area (Å²) in [5.74, 6) is -0.250. The highest BCUT2D eigenvalue weighted by molar-refractivity contribution is 5.95. The van der Waals surface area contributed by atoms with Crippen molar-refractivity contribution in [1.29, 1.82) is 0 Å². The van der Waals surface area contributed by atoms with E-state index in [2.05, 4.69) is 11.8 Å². The van der Waals surface area contributed by atoms with E-state index in [4.69, 9.17) is 9.47 Å². The summed E-state index contributed by atoms with van der Waals surface area (Å²) in [6.07, 6.45) is 0.913. The second kappa shape index (κ2) is 5.93. The molecule has 1 saturated heterocycles. The van der Waals surface area contributed by atoms with E-state index in [1.807, 2.05) is 0 Å². The number of benzene rings is 1. The number of nitrogens with zero attached hydrogens (tertiary/aromatic N) is 1. The van der Waals surface area contributed by atoms with Gasteiger partial charge in [-0.3, -0.25) is 0 Å². The molecule has 1 atom stereocenters. The van der Waals surface area contributed by atoms with Crippen LogP contribution in [0.1, 0.15) is 23.7 Å². The van der Waals surface area contributed by atoms with Crippen LogP contribution in [0.3, 0.4) is 0 Å². The molecule has 2 rings (SSSR count). The SMILES string of the molecule is CCC1COCCN1c1cc(OC)ccc1C(=O)O. The molecule has 0 aliphatic carbocycles. The van der Waals surface area contributed by atoms with Gasteiger partial charge in [0.2, 0.25) is 0 Å². The number of carbonyl (C=O) groups is 1. The smallest absolute Gasteiger partial charge is 0.337 e. The van der Waals surface area contributed by atoms with Gasteiger partial charge in [-0.2, -0.15) is 0 Å².